The van der Waals surface area contributed by atoms with E-state index in [-0.39, 0.29) is 0 Å². The van der Waals surface area contributed by atoms with Crippen molar-refractivity contribution >= 4 is 17.6 Å². The van der Waals surface area contributed by atoms with E-state index >= 15 is 0 Å². The summed E-state index contributed by atoms with van der Waals surface area (Å²) in [5.74, 6) is 0.936. The summed E-state index contributed by atoms with van der Waals surface area (Å²) in [7, 11) is 1.36. The van der Waals surface area contributed by atoms with Crippen LogP contribution >= 0.6 is 0 Å². The Morgan fingerprint density at radius 1 is 1.03 bits per heavy atom. The molecule has 0 spiro atoms. The lowest BCUT2D eigenvalue weighted by Crippen LogP contribution is -2.05. The van der Waals surface area contributed by atoms with Gasteiger partial charge in [0.1, 0.15) is 0 Å². The second kappa shape index (κ2) is 10.3. The molecule has 0 bridgehead atoms. The van der Waals surface area contributed by atoms with Crippen LogP contribution in [0.1, 0.15) is 23.2 Å². The maximum absolute atomic E-state index is 12.7. The van der Waals surface area contributed by atoms with Crippen LogP contribution in [0.4, 0.5) is 0 Å². The minimum absolute atomic E-state index is 0.350. The Bertz CT molecular complexity index is 1350. The number of aromatic nitrogens is 3. The number of nitrogens with zero attached hydrogens (tertiary/aromatic N) is 3. The van der Waals surface area contributed by atoms with Gasteiger partial charge < -0.3 is 14.2 Å². The van der Waals surface area contributed by atoms with Crippen molar-refractivity contribution in [2.75, 3.05) is 20.3 Å². The molecule has 0 aliphatic carbocycles. The Balaban J connectivity index is 1.62. The quantitative estimate of drug-likeness (QED) is 0.298. The van der Waals surface area contributed by atoms with Crippen LogP contribution in [0.5, 0.6) is 11.5 Å². The molecule has 5 rings (SSSR count). The fourth-order valence-electron chi connectivity index (χ4n) is 3.95. The third kappa shape index (κ3) is 5.09. The maximum atomic E-state index is 12.7. The number of hydrogen-bond donors (Lipinski definition) is 0. The highest BCUT2D eigenvalue weighted by Gasteiger charge is 2.19. The zero-order valence-electron chi connectivity index (χ0n) is 19.4. The summed E-state index contributed by atoms with van der Waals surface area (Å²) in [4.78, 5) is 17.1. The highest BCUT2D eigenvalue weighted by Crippen LogP contribution is 2.35. The van der Waals surface area contributed by atoms with Crippen molar-refractivity contribution in [1.82, 2.24) is 14.8 Å². The van der Waals surface area contributed by atoms with Crippen LogP contribution < -0.4 is 9.47 Å². The number of carbonyl (C=O) groups excluding carboxylic acids is 1. The topological polar surface area (TPSA) is 75.5 Å². The van der Waals surface area contributed by atoms with E-state index in [4.69, 9.17) is 19.3 Å². The minimum atomic E-state index is -0.468. The Labute approximate surface area is 203 Å². The predicted octanol–water partition coefficient (Wildman–Crippen LogP) is 4.87. The number of methoxy groups -OCH3 is 1. The summed E-state index contributed by atoms with van der Waals surface area (Å²) in [6.07, 6.45) is 6.18. The van der Waals surface area contributed by atoms with E-state index in [1.807, 2.05) is 53.3 Å². The fourth-order valence-corrected chi connectivity index (χ4v) is 3.95. The Kier molecular flexibility index (Phi) is 6.57. The first-order valence-corrected chi connectivity index (χ1v) is 11.4. The van der Waals surface area contributed by atoms with Crippen LogP contribution in [0, 0.1) is 0 Å². The maximum Gasteiger partial charge on any atom is 0.340 e. The SMILES string of the molecule is COC(=O)C(=Cc1cn(Cc2ccccc2)nc1-c1ccc2c(c1)OCCCO2)c1ccccn1. The number of esters is 1. The number of pyridine rings is 1. The molecule has 176 valence electrons. The summed E-state index contributed by atoms with van der Waals surface area (Å²) < 4.78 is 18.6. The lowest BCUT2D eigenvalue weighted by Gasteiger charge is -2.09. The van der Waals surface area contributed by atoms with Gasteiger partial charge in [-0.3, -0.25) is 9.67 Å². The largest absolute Gasteiger partial charge is 0.490 e. The van der Waals surface area contributed by atoms with Crippen LogP contribution in [0.2, 0.25) is 0 Å². The van der Waals surface area contributed by atoms with Gasteiger partial charge in [-0.25, -0.2) is 4.79 Å². The molecule has 0 saturated heterocycles. The molecule has 0 atom stereocenters. The van der Waals surface area contributed by atoms with Gasteiger partial charge in [-0.05, 0) is 42.0 Å². The average molecular weight is 468 g/mol. The summed E-state index contributed by atoms with van der Waals surface area (Å²) in [5.41, 5.74) is 4.34. The van der Waals surface area contributed by atoms with Crippen LogP contribution in [0.3, 0.4) is 0 Å². The molecule has 0 N–H and O–H groups in total. The van der Waals surface area contributed by atoms with Gasteiger partial charge in [-0.2, -0.15) is 5.10 Å². The van der Waals surface area contributed by atoms with Crippen LogP contribution in [-0.4, -0.2) is 41.1 Å². The first kappa shape index (κ1) is 22.4. The molecule has 1 aliphatic rings. The molecular formula is C28H25N3O4. The summed E-state index contributed by atoms with van der Waals surface area (Å²) in [5, 5.41) is 4.88. The molecule has 4 aromatic rings. The fraction of sp³-hybridized carbons (Fsp3) is 0.179. The molecule has 0 fully saturated rings. The minimum Gasteiger partial charge on any atom is -0.490 e. The number of benzene rings is 2. The molecule has 1 aliphatic heterocycles. The molecule has 7 heteroatoms. The van der Waals surface area contributed by atoms with Crippen LogP contribution in [0.15, 0.2) is 79.1 Å². The number of hydrogen-bond acceptors (Lipinski definition) is 6. The van der Waals surface area contributed by atoms with E-state index in [9.17, 15) is 4.79 Å². The Hall–Kier alpha value is -4.39. The normalized spacial score (nSPS) is 13.2. The second-order valence-corrected chi connectivity index (χ2v) is 8.09. The zero-order chi connectivity index (χ0) is 24.0. The predicted molar refractivity (Wildman–Crippen MR) is 133 cm³/mol. The standard InChI is InChI=1S/C28H25N3O4/c1-33-28(32)23(24-10-5-6-13-29-24)16-22-19-31(18-20-8-3-2-4-9-20)30-27(22)21-11-12-25-26(17-21)35-15-7-14-34-25/h2-6,8-13,16-17,19H,7,14-15,18H2,1H3. The molecule has 7 nitrogen and oxygen atoms in total. The first-order chi connectivity index (χ1) is 17.2. The van der Waals surface area contributed by atoms with Crippen molar-refractivity contribution < 1.29 is 19.0 Å². The molecule has 0 radical (unpaired) electrons. The van der Waals surface area contributed by atoms with Gasteiger partial charge in [0.05, 0.1) is 43.8 Å². The zero-order valence-corrected chi connectivity index (χ0v) is 19.4. The molecule has 2 aromatic carbocycles. The van der Waals surface area contributed by atoms with Crippen molar-refractivity contribution in [3.05, 3.63) is 95.9 Å². The Morgan fingerprint density at radius 3 is 2.60 bits per heavy atom. The van der Waals surface area contributed by atoms with Crippen LogP contribution in [-0.2, 0) is 16.1 Å². The molecular weight excluding hydrogens is 442 g/mol. The summed E-state index contributed by atoms with van der Waals surface area (Å²) in [6.45, 7) is 1.81. The molecule has 35 heavy (non-hydrogen) atoms. The number of ether oxygens (including phenoxy) is 3. The third-order valence-corrected chi connectivity index (χ3v) is 5.64. The molecule has 2 aromatic heterocycles. The molecule has 0 amide bonds. The van der Waals surface area contributed by atoms with Crippen molar-refractivity contribution in [2.45, 2.75) is 13.0 Å². The summed E-state index contributed by atoms with van der Waals surface area (Å²) in [6, 6.07) is 21.3. The Morgan fingerprint density at radius 2 is 1.83 bits per heavy atom. The van der Waals surface area contributed by atoms with Gasteiger partial charge in [-0.15, -0.1) is 0 Å². The lowest BCUT2D eigenvalue weighted by atomic mass is 10.0. The van der Waals surface area contributed by atoms with Gasteiger partial charge in [0, 0.05) is 29.9 Å². The highest BCUT2D eigenvalue weighted by atomic mass is 16.5. The van der Waals surface area contributed by atoms with E-state index in [2.05, 4.69) is 17.1 Å². The molecule has 0 unspecified atom stereocenters. The van der Waals surface area contributed by atoms with Crippen molar-refractivity contribution in [3.63, 3.8) is 0 Å². The molecule has 3 heterocycles. The lowest BCUT2D eigenvalue weighted by molar-refractivity contribution is -0.133. The second-order valence-electron chi connectivity index (χ2n) is 8.09. The number of rotatable bonds is 6. The van der Waals surface area contributed by atoms with Gasteiger partial charge in [0.25, 0.3) is 0 Å². The van der Waals surface area contributed by atoms with Crippen molar-refractivity contribution in [3.8, 4) is 22.8 Å². The van der Waals surface area contributed by atoms with E-state index in [0.29, 0.717) is 42.5 Å². The van der Waals surface area contributed by atoms with Crippen molar-refractivity contribution in [1.29, 1.82) is 0 Å². The molecule has 0 saturated carbocycles. The highest BCUT2D eigenvalue weighted by molar-refractivity contribution is 6.21. The smallest absolute Gasteiger partial charge is 0.340 e. The first-order valence-electron chi connectivity index (χ1n) is 11.4. The van der Waals surface area contributed by atoms with E-state index in [1.54, 1.807) is 24.4 Å². The third-order valence-electron chi connectivity index (χ3n) is 5.64. The van der Waals surface area contributed by atoms with Crippen molar-refractivity contribution in [2.24, 2.45) is 0 Å². The average Bonchev–Trinajstić information content (AvgIpc) is 3.14. The van der Waals surface area contributed by atoms with Crippen LogP contribution in [0.25, 0.3) is 22.9 Å². The number of fused-ring (bicyclic) bond motifs is 1. The van der Waals surface area contributed by atoms with E-state index in [0.717, 1.165) is 28.9 Å². The number of carbonyl (C=O) groups is 1. The van der Waals surface area contributed by atoms with Gasteiger partial charge in [-0.1, -0.05) is 36.4 Å². The monoisotopic (exact) mass is 467 g/mol. The van der Waals surface area contributed by atoms with Gasteiger partial charge in [0.15, 0.2) is 11.5 Å². The van der Waals surface area contributed by atoms with E-state index in [1.165, 1.54) is 7.11 Å². The van der Waals surface area contributed by atoms with Gasteiger partial charge in [0.2, 0.25) is 0 Å². The summed E-state index contributed by atoms with van der Waals surface area (Å²) >= 11 is 0. The van der Waals surface area contributed by atoms with Gasteiger partial charge >= 0.3 is 5.97 Å². The van der Waals surface area contributed by atoms with E-state index < -0.39 is 5.97 Å².